The third kappa shape index (κ3) is 2.98. The molecule has 96 valence electrons. The number of anilines is 1. The lowest BCUT2D eigenvalue weighted by Crippen LogP contribution is -1.98. The highest BCUT2D eigenvalue weighted by molar-refractivity contribution is 7.15. The van der Waals surface area contributed by atoms with Crippen LogP contribution in [0.25, 0.3) is 0 Å². The van der Waals surface area contributed by atoms with Crippen molar-refractivity contribution in [2.24, 2.45) is 0 Å². The second-order valence-electron chi connectivity index (χ2n) is 4.04. The van der Waals surface area contributed by atoms with E-state index in [1.807, 2.05) is 39.0 Å². The van der Waals surface area contributed by atoms with E-state index >= 15 is 0 Å². The van der Waals surface area contributed by atoms with E-state index in [1.165, 1.54) is 11.3 Å². The van der Waals surface area contributed by atoms with Gasteiger partial charge in [-0.25, -0.2) is 0 Å². The molecule has 5 heteroatoms. The van der Waals surface area contributed by atoms with Crippen molar-refractivity contribution in [2.45, 2.75) is 27.4 Å². The Bertz CT molecular complexity index is 504. The van der Waals surface area contributed by atoms with Crippen LogP contribution in [-0.4, -0.2) is 16.7 Å². The van der Waals surface area contributed by atoms with Gasteiger partial charge in [0.05, 0.1) is 0 Å². The molecule has 1 aromatic heterocycles. The first-order valence-electron chi connectivity index (χ1n) is 5.96. The van der Waals surface area contributed by atoms with Gasteiger partial charge in [0.1, 0.15) is 12.4 Å². The number of ether oxygens (including phenoxy) is 1. The third-order valence-corrected chi connectivity index (χ3v) is 3.40. The molecule has 0 radical (unpaired) electrons. The van der Waals surface area contributed by atoms with Gasteiger partial charge in [-0.3, -0.25) is 0 Å². The second-order valence-corrected chi connectivity index (χ2v) is 5.10. The third-order valence-electron chi connectivity index (χ3n) is 2.54. The van der Waals surface area contributed by atoms with E-state index < -0.39 is 0 Å². The van der Waals surface area contributed by atoms with Crippen LogP contribution in [0.3, 0.4) is 0 Å². The minimum Gasteiger partial charge on any atom is -0.486 e. The molecule has 1 aromatic carbocycles. The molecule has 2 rings (SSSR count). The molecule has 0 saturated carbocycles. The van der Waals surface area contributed by atoms with Gasteiger partial charge in [0.15, 0.2) is 5.01 Å². The number of benzene rings is 1. The van der Waals surface area contributed by atoms with Crippen molar-refractivity contribution in [1.29, 1.82) is 0 Å². The molecule has 0 unspecified atom stereocenters. The van der Waals surface area contributed by atoms with Crippen LogP contribution in [0.5, 0.6) is 5.75 Å². The van der Waals surface area contributed by atoms with Crippen LogP contribution in [0.4, 0.5) is 5.13 Å². The Morgan fingerprint density at radius 2 is 1.94 bits per heavy atom. The molecule has 0 aliphatic heterocycles. The molecule has 0 saturated heterocycles. The summed E-state index contributed by atoms with van der Waals surface area (Å²) in [6.45, 7) is 7.45. The minimum absolute atomic E-state index is 0.467. The molecule has 0 bridgehead atoms. The quantitative estimate of drug-likeness (QED) is 0.900. The molecular weight excluding hydrogens is 246 g/mol. The number of nitrogens with one attached hydrogen (secondary N) is 1. The van der Waals surface area contributed by atoms with Crippen LogP contribution < -0.4 is 10.1 Å². The summed E-state index contributed by atoms with van der Waals surface area (Å²) in [5.74, 6) is 0.942. The number of para-hydroxylation sites is 1. The van der Waals surface area contributed by atoms with Gasteiger partial charge in [0.2, 0.25) is 5.13 Å². The van der Waals surface area contributed by atoms with Gasteiger partial charge in [-0.05, 0) is 31.9 Å². The number of aryl methyl sites for hydroxylation is 2. The summed E-state index contributed by atoms with van der Waals surface area (Å²) in [5, 5.41) is 13.0. The van der Waals surface area contributed by atoms with Crippen molar-refractivity contribution in [1.82, 2.24) is 10.2 Å². The van der Waals surface area contributed by atoms with Crippen molar-refractivity contribution in [3.8, 4) is 5.75 Å². The highest BCUT2D eigenvalue weighted by Crippen LogP contribution is 2.24. The second kappa shape index (κ2) is 5.82. The summed E-state index contributed by atoms with van der Waals surface area (Å²) in [6, 6.07) is 6.13. The van der Waals surface area contributed by atoms with Gasteiger partial charge in [0.25, 0.3) is 0 Å². The number of nitrogens with zero attached hydrogens (tertiary/aromatic N) is 2. The van der Waals surface area contributed by atoms with E-state index in [-0.39, 0.29) is 0 Å². The number of aromatic nitrogens is 2. The first-order chi connectivity index (χ1) is 8.70. The highest BCUT2D eigenvalue weighted by Gasteiger charge is 2.07. The predicted molar refractivity (Wildman–Crippen MR) is 74.3 cm³/mol. The van der Waals surface area contributed by atoms with Crippen molar-refractivity contribution in [2.75, 3.05) is 11.9 Å². The van der Waals surface area contributed by atoms with Gasteiger partial charge in [-0.2, -0.15) is 0 Å². The predicted octanol–water partition coefficient (Wildman–Crippen LogP) is 3.17. The van der Waals surface area contributed by atoms with Gasteiger partial charge in [0, 0.05) is 6.54 Å². The van der Waals surface area contributed by atoms with Crippen LogP contribution in [0, 0.1) is 13.8 Å². The van der Waals surface area contributed by atoms with E-state index in [4.69, 9.17) is 4.74 Å². The standard InChI is InChI=1S/C13H17N3OS/c1-4-14-13-16-15-11(18-13)8-17-12-9(2)6-5-7-10(12)3/h5-7H,4,8H2,1-3H3,(H,14,16). The summed E-state index contributed by atoms with van der Waals surface area (Å²) in [7, 11) is 0. The Hall–Kier alpha value is -1.62. The molecular formula is C13H17N3OS. The van der Waals surface area contributed by atoms with Crippen molar-refractivity contribution in [3.05, 3.63) is 34.3 Å². The van der Waals surface area contributed by atoms with Crippen LogP contribution >= 0.6 is 11.3 Å². The summed E-state index contributed by atoms with van der Waals surface area (Å²) >= 11 is 1.53. The van der Waals surface area contributed by atoms with E-state index in [9.17, 15) is 0 Å². The van der Waals surface area contributed by atoms with Crippen molar-refractivity contribution >= 4 is 16.5 Å². The Labute approximate surface area is 111 Å². The lowest BCUT2D eigenvalue weighted by atomic mass is 10.1. The molecule has 0 fully saturated rings. The molecule has 0 aliphatic carbocycles. The molecule has 4 nitrogen and oxygen atoms in total. The largest absolute Gasteiger partial charge is 0.486 e. The van der Waals surface area contributed by atoms with E-state index in [1.54, 1.807) is 0 Å². The smallest absolute Gasteiger partial charge is 0.205 e. The highest BCUT2D eigenvalue weighted by atomic mass is 32.1. The van der Waals surface area contributed by atoms with Gasteiger partial charge >= 0.3 is 0 Å². The Kier molecular flexibility index (Phi) is 4.15. The lowest BCUT2D eigenvalue weighted by Gasteiger charge is -2.09. The van der Waals surface area contributed by atoms with Gasteiger partial charge < -0.3 is 10.1 Å². The molecule has 1 N–H and O–H groups in total. The molecule has 0 amide bonds. The average Bonchev–Trinajstić information content (AvgIpc) is 2.77. The lowest BCUT2D eigenvalue weighted by molar-refractivity contribution is 0.300. The van der Waals surface area contributed by atoms with Crippen molar-refractivity contribution in [3.63, 3.8) is 0 Å². The number of hydrogen-bond acceptors (Lipinski definition) is 5. The molecule has 2 aromatic rings. The fourth-order valence-electron chi connectivity index (χ4n) is 1.70. The van der Waals surface area contributed by atoms with Crippen molar-refractivity contribution < 1.29 is 4.74 Å². The van der Waals surface area contributed by atoms with E-state index in [0.717, 1.165) is 33.6 Å². The van der Waals surface area contributed by atoms with E-state index in [2.05, 4.69) is 15.5 Å². The van der Waals surface area contributed by atoms with Gasteiger partial charge in [-0.1, -0.05) is 29.5 Å². The Balaban J connectivity index is 2.02. The molecule has 0 aliphatic rings. The summed E-state index contributed by atoms with van der Waals surface area (Å²) in [5.41, 5.74) is 2.29. The number of hydrogen-bond donors (Lipinski definition) is 1. The molecule has 0 spiro atoms. The Morgan fingerprint density at radius 3 is 2.61 bits per heavy atom. The molecule has 0 atom stereocenters. The van der Waals surface area contributed by atoms with E-state index in [0.29, 0.717) is 6.61 Å². The van der Waals surface area contributed by atoms with Crippen LogP contribution in [0.1, 0.15) is 23.1 Å². The maximum Gasteiger partial charge on any atom is 0.205 e. The summed E-state index contributed by atoms with van der Waals surface area (Å²) in [4.78, 5) is 0. The van der Waals surface area contributed by atoms with Crippen LogP contribution in [-0.2, 0) is 6.61 Å². The monoisotopic (exact) mass is 263 g/mol. The maximum atomic E-state index is 5.83. The SMILES string of the molecule is CCNc1nnc(COc2c(C)cccc2C)s1. The zero-order valence-electron chi connectivity index (χ0n) is 10.9. The van der Waals surface area contributed by atoms with Crippen LogP contribution in [0.2, 0.25) is 0 Å². The topological polar surface area (TPSA) is 47.0 Å². The molecule has 1 heterocycles. The minimum atomic E-state index is 0.467. The van der Waals surface area contributed by atoms with Gasteiger partial charge in [-0.15, -0.1) is 10.2 Å². The average molecular weight is 263 g/mol. The summed E-state index contributed by atoms with van der Waals surface area (Å²) < 4.78 is 5.83. The fraction of sp³-hybridized carbons (Fsp3) is 0.385. The normalized spacial score (nSPS) is 10.4. The number of rotatable bonds is 5. The van der Waals surface area contributed by atoms with Crippen LogP contribution in [0.15, 0.2) is 18.2 Å². The zero-order valence-corrected chi connectivity index (χ0v) is 11.7. The first-order valence-corrected chi connectivity index (χ1v) is 6.77. The maximum absolute atomic E-state index is 5.83. The zero-order chi connectivity index (χ0) is 13.0. The Morgan fingerprint density at radius 1 is 1.22 bits per heavy atom. The molecule has 18 heavy (non-hydrogen) atoms. The fourth-order valence-corrected chi connectivity index (χ4v) is 2.42. The summed E-state index contributed by atoms with van der Waals surface area (Å²) in [6.07, 6.45) is 0. The first kappa shape index (κ1) is 12.8.